The second kappa shape index (κ2) is 6.34. The predicted molar refractivity (Wildman–Crippen MR) is 102 cm³/mol. The maximum absolute atomic E-state index is 13.5. The third-order valence-corrected chi connectivity index (χ3v) is 8.19. The molecule has 6 nitrogen and oxygen atoms in total. The summed E-state index contributed by atoms with van der Waals surface area (Å²) < 4.78 is 35.8. The summed E-state index contributed by atoms with van der Waals surface area (Å²) in [7, 11) is -3.61. The van der Waals surface area contributed by atoms with Crippen LogP contribution in [0.1, 0.15) is 50.1 Å². The topological polar surface area (TPSA) is 64.4 Å². The molecule has 1 aromatic carbocycles. The summed E-state index contributed by atoms with van der Waals surface area (Å²) in [5, 5.41) is 4.38. The molecule has 0 bridgehead atoms. The Kier molecular flexibility index (Phi) is 4.05. The Balaban J connectivity index is 1.50. The van der Waals surface area contributed by atoms with Gasteiger partial charge in [0.1, 0.15) is 4.90 Å². The SMILES string of the molecule is O=S(=O)(c1cnn(C2CCOCC2)c1)N1CC2(CCCC2)c2ccccc21. The van der Waals surface area contributed by atoms with Crippen LogP contribution >= 0.6 is 0 Å². The lowest BCUT2D eigenvalue weighted by Gasteiger charge is -2.25. The van der Waals surface area contributed by atoms with Crippen molar-refractivity contribution in [2.75, 3.05) is 24.1 Å². The molecular formula is C20H25N3O3S. The number of anilines is 1. The Morgan fingerprint density at radius 2 is 1.85 bits per heavy atom. The zero-order valence-corrected chi connectivity index (χ0v) is 16.2. The number of aromatic nitrogens is 2. The van der Waals surface area contributed by atoms with Crippen LogP contribution in [-0.4, -0.2) is 38.0 Å². The molecular weight excluding hydrogens is 362 g/mol. The Bertz CT molecular complexity index is 941. The first-order valence-corrected chi connectivity index (χ1v) is 11.3. The maximum Gasteiger partial charge on any atom is 0.267 e. The Labute approximate surface area is 160 Å². The van der Waals surface area contributed by atoms with Crippen molar-refractivity contribution in [2.24, 2.45) is 0 Å². The number of hydrogen-bond donors (Lipinski definition) is 0. The fourth-order valence-corrected chi connectivity index (χ4v) is 6.52. The van der Waals surface area contributed by atoms with Crippen molar-refractivity contribution in [3.8, 4) is 0 Å². The van der Waals surface area contributed by atoms with E-state index in [4.69, 9.17) is 4.74 Å². The average Bonchev–Trinajstić information content (AvgIpc) is 3.43. The fourth-order valence-electron chi connectivity index (χ4n) is 5.01. The normalized spacial score (nSPS) is 22.4. The highest BCUT2D eigenvalue weighted by Crippen LogP contribution is 2.51. The van der Waals surface area contributed by atoms with Gasteiger partial charge in [-0.15, -0.1) is 0 Å². The van der Waals surface area contributed by atoms with Crippen molar-refractivity contribution in [2.45, 2.75) is 54.9 Å². The minimum absolute atomic E-state index is 0.0135. The lowest BCUT2D eigenvalue weighted by molar-refractivity contribution is 0.0662. The van der Waals surface area contributed by atoms with Gasteiger partial charge in [0.2, 0.25) is 0 Å². The summed E-state index contributed by atoms with van der Waals surface area (Å²) in [5.74, 6) is 0. The summed E-state index contributed by atoms with van der Waals surface area (Å²) in [6.45, 7) is 1.96. The smallest absolute Gasteiger partial charge is 0.267 e. The molecule has 2 aromatic rings. The van der Waals surface area contributed by atoms with Crippen LogP contribution in [0.2, 0.25) is 0 Å². The second-order valence-corrected chi connectivity index (χ2v) is 9.88. The van der Waals surface area contributed by atoms with Crippen LogP contribution in [0.15, 0.2) is 41.6 Å². The molecule has 2 fully saturated rings. The lowest BCUT2D eigenvalue weighted by Crippen LogP contribution is -2.35. The van der Waals surface area contributed by atoms with Crippen LogP contribution in [0.25, 0.3) is 0 Å². The molecule has 1 saturated carbocycles. The first kappa shape index (κ1) is 17.3. The molecule has 7 heteroatoms. The number of fused-ring (bicyclic) bond motifs is 2. The van der Waals surface area contributed by atoms with Crippen LogP contribution in [0.4, 0.5) is 5.69 Å². The third kappa shape index (κ3) is 2.70. The van der Waals surface area contributed by atoms with Gasteiger partial charge in [0, 0.05) is 31.4 Å². The van der Waals surface area contributed by atoms with Gasteiger partial charge in [-0.2, -0.15) is 5.10 Å². The van der Waals surface area contributed by atoms with Gasteiger partial charge < -0.3 is 4.74 Å². The molecule has 1 saturated heterocycles. The average molecular weight is 388 g/mol. The molecule has 0 atom stereocenters. The Hall–Kier alpha value is -1.86. The number of para-hydroxylation sites is 1. The van der Waals surface area contributed by atoms with Crippen LogP contribution in [-0.2, 0) is 20.2 Å². The van der Waals surface area contributed by atoms with E-state index in [1.807, 2.05) is 22.9 Å². The van der Waals surface area contributed by atoms with Crippen molar-refractivity contribution in [1.29, 1.82) is 0 Å². The number of rotatable bonds is 3. The molecule has 144 valence electrons. The molecule has 5 rings (SSSR count). The van der Waals surface area contributed by atoms with E-state index in [-0.39, 0.29) is 11.5 Å². The van der Waals surface area contributed by atoms with E-state index in [0.717, 1.165) is 31.4 Å². The molecule has 2 aliphatic heterocycles. The molecule has 27 heavy (non-hydrogen) atoms. The highest BCUT2D eigenvalue weighted by molar-refractivity contribution is 7.92. The van der Waals surface area contributed by atoms with Crippen molar-refractivity contribution in [1.82, 2.24) is 9.78 Å². The lowest BCUT2D eigenvalue weighted by atomic mass is 9.81. The van der Waals surface area contributed by atoms with Gasteiger partial charge in [-0.25, -0.2) is 8.42 Å². The highest BCUT2D eigenvalue weighted by atomic mass is 32.2. The first-order valence-electron chi connectivity index (χ1n) is 9.84. The van der Waals surface area contributed by atoms with Gasteiger partial charge in [-0.1, -0.05) is 31.0 Å². The summed E-state index contributed by atoms with van der Waals surface area (Å²) >= 11 is 0. The van der Waals surface area contributed by atoms with Crippen LogP contribution < -0.4 is 4.31 Å². The quantitative estimate of drug-likeness (QED) is 0.811. The zero-order valence-electron chi connectivity index (χ0n) is 15.4. The van der Waals surface area contributed by atoms with Crippen molar-refractivity contribution < 1.29 is 13.2 Å². The van der Waals surface area contributed by atoms with Gasteiger partial charge in [-0.05, 0) is 37.3 Å². The number of hydrogen-bond acceptors (Lipinski definition) is 4. The molecule has 1 aromatic heterocycles. The van der Waals surface area contributed by atoms with Crippen LogP contribution in [0.3, 0.4) is 0 Å². The second-order valence-electron chi connectivity index (χ2n) is 8.02. The van der Waals surface area contributed by atoms with Gasteiger partial charge in [0.05, 0.1) is 17.9 Å². The van der Waals surface area contributed by atoms with E-state index in [1.54, 1.807) is 10.5 Å². The largest absolute Gasteiger partial charge is 0.381 e. The number of nitrogens with zero attached hydrogens (tertiary/aromatic N) is 3. The molecule has 0 N–H and O–H groups in total. The van der Waals surface area contributed by atoms with Crippen LogP contribution in [0.5, 0.6) is 0 Å². The molecule has 3 heterocycles. The number of sulfonamides is 1. The van der Waals surface area contributed by atoms with Gasteiger partial charge in [0.15, 0.2) is 0 Å². The Morgan fingerprint density at radius 1 is 1.11 bits per heavy atom. The number of ether oxygens (including phenoxy) is 1. The summed E-state index contributed by atoms with van der Waals surface area (Å²) in [6.07, 6.45) is 9.43. The standard InChI is InChI=1S/C20H25N3O3S/c24-27(25,17-13-21-22(14-17)16-7-11-26-12-8-16)23-15-20(9-3-4-10-20)18-5-1-2-6-19(18)23/h1-2,5-6,13-14,16H,3-4,7-12,15H2. The van der Waals surface area contributed by atoms with Gasteiger partial charge in [0.25, 0.3) is 10.0 Å². The molecule has 0 amide bonds. The van der Waals surface area contributed by atoms with Crippen molar-refractivity contribution in [3.05, 3.63) is 42.2 Å². The molecule has 0 unspecified atom stereocenters. The minimum Gasteiger partial charge on any atom is -0.381 e. The third-order valence-electron chi connectivity index (χ3n) is 6.48. The summed E-state index contributed by atoms with van der Waals surface area (Å²) in [5.41, 5.74) is 2.03. The minimum atomic E-state index is -3.61. The van der Waals surface area contributed by atoms with Gasteiger partial charge in [-0.3, -0.25) is 8.99 Å². The van der Waals surface area contributed by atoms with E-state index in [2.05, 4.69) is 11.2 Å². The van der Waals surface area contributed by atoms with Crippen molar-refractivity contribution >= 4 is 15.7 Å². The first-order chi connectivity index (χ1) is 13.1. The number of benzene rings is 1. The zero-order chi connectivity index (χ0) is 18.5. The molecule has 1 spiro atoms. The predicted octanol–water partition coefficient (Wildman–Crippen LogP) is 3.26. The van der Waals surface area contributed by atoms with Gasteiger partial charge >= 0.3 is 0 Å². The van der Waals surface area contributed by atoms with E-state index in [9.17, 15) is 8.42 Å². The monoisotopic (exact) mass is 387 g/mol. The molecule has 3 aliphatic rings. The Morgan fingerprint density at radius 3 is 2.63 bits per heavy atom. The maximum atomic E-state index is 13.5. The van der Waals surface area contributed by atoms with E-state index in [0.29, 0.717) is 24.7 Å². The fraction of sp³-hybridized carbons (Fsp3) is 0.550. The summed E-state index contributed by atoms with van der Waals surface area (Å²) in [6, 6.07) is 8.23. The molecule has 1 aliphatic carbocycles. The van der Waals surface area contributed by atoms with Crippen molar-refractivity contribution in [3.63, 3.8) is 0 Å². The summed E-state index contributed by atoms with van der Waals surface area (Å²) in [4.78, 5) is 0.291. The highest BCUT2D eigenvalue weighted by Gasteiger charge is 2.48. The van der Waals surface area contributed by atoms with E-state index < -0.39 is 10.0 Å². The molecule has 0 radical (unpaired) electrons. The van der Waals surface area contributed by atoms with Crippen LogP contribution in [0, 0.1) is 0 Å². The van der Waals surface area contributed by atoms with E-state index in [1.165, 1.54) is 24.6 Å². The van der Waals surface area contributed by atoms with E-state index >= 15 is 0 Å².